The number of anilines is 1. The molecule has 0 radical (unpaired) electrons. The Bertz CT molecular complexity index is 696. The second kappa shape index (κ2) is 5.87. The Kier molecular flexibility index (Phi) is 3.92. The van der Waals surface area contributed by atoms with E-state index in [2.05, 4.69) is 10.3 Å². The van der Waals surface area contributed by atoms with Gasteiger partial charge in [-0.1, -0.05) is 12.1 Å². The molecule has 1 atom stereocenters. The first kappa shape index (κ1) is 14.7. The number of aryl methyl sites for hydroxylation is 2. The van der Waals surface area contributed by atoms with Crippen molar-refractivity contribution in [3.05, 3.63) is 47.5 Å². The van der Waals surface area contributed by atoms with E-state index < -0.39 is 6.43 Å². The summed E-state index contributed by atoms with van der Waals surface area (Å²) < 4.78 is 27.4. The number of aromatic nitrogens is 2. The topological polar surface area (TPSA) is 46.9 Å². The smallest absolute Gasteiger partial charge is 0.263 e. The van der Waals surface area contributed by atoms with Crippen LogP contribution in [-0.4, -0.2) is 15.5 Å². The molecule has 22 heavy (non-hydrogen) atoms. The summed E-state index contributed by atoms with van der Waals surface area (Å²) in [6.07, 6.45) is 0.847. The Morgan fingerprint density at radius 3 is 3.05 bits per heavy atom. The van der Waals surface area contributed by atoms with E-state index in [1.807, 2.05) is 17.7 Å². The number of rotatable bonds is 3. The predicted octanol–water partition coefficient (Wildman–Crippen LogP) is 3.33. The summed E-state index contributed by atoms with van der Waals surface area (Å²) in [5.74, 6) is 0.591. The molecule has 0 fully saturated rings. The second-order valence-electron chi connectivity index (χ2n) is 5.56. The first-order valence-corrected chi connectivity index (χ1v) is 7.24. The Labute approximate surface area is 127 Å². The maximum absolute atomic E-state index is 12.7. The third-order valence-electron chi connectivity index (χ3n) is 4.07. The van der Waals surface area contributed by atoms with Gasteiger partial charge in [0.1, 0.15) is 5.82 Å². The van der Waals surface area contributed by atoms with Gasteiger partial charge in [0, 0.05) is 29.7 Å². The number of carbonyl (C=O) groups excluding carboxylic acids is 1. The first-order chi connectivity index (χ1) is 10.5. The van der Waals surface area contributed by atoms with Gasteiger partial charge in [-0.2, -0.15) is 0 Å². The molecule has 0 aliphatic carbocycles. The Morgan fingerprint density at radius 1 is 1.45 bits per heavy atom. The van der Waals surface area contributed by atoms with Crippen molar-refractivity contribution in [2.75, 3.05) is 5.32 Å². The van der Waals surface area contributed by atoms with Crippen LogP contribution in [0.15, 0.2) is 30.5 Å². The molecule has 0 bridgehead atoms. The fourth-order valence-corrected chi connectivity index (χ4v) is 2.81. The molecule has 1 aromatic carbocycles. The van der Waals surface area contributed by atoms with Crippen LogP contribution in [-0.2, 0) is 17.8 Å². The standard InChI is InChI=1S/C16H17F2N3O/c1-10-19-8-14-6-5-12(9-21(10)14)16(22)20-13-4-2-3-11(7-13)15(17)18/h2-4,7-8,12,15H,5-6,9H2,1H3,(H,20,22). The van der Waals surface area contributed by atoms with Gasteiger partial charge in [-0.05, 0) is 31.9 Å². The number of benzene rings is 1. The lowest BCUT2D eigenvalue weighted by Crippen LogP contribution is -2.31. The van der Waals surface area contributed by atoms with Gasteiger partial charge >= 0.3 is 0 Å². The highest BCUT2D eigenvalue weighted by molar-refractivity contribution is 5.92. The van der Waals surface area contributed by atoms with E-state index in [0.29, 0.717) is 12.2 Å². The average Bonchev–Trinajstić information content (AvgIpc) is 2.88. The van der Waals surface area contributed by atoms with Crippen molar-refractivity contribution in [1.82, 2.24) is 9.55 Å². The van der Waals surface area contributed by atoms with E-state index in [0.717, 1.165) is 24.4 Å². The number of hydrogen-bond donors (Lipinski definition) is 1. The summed E-state index contributed by atoms with van der Waals surface area (Å²) in [7, 11) is 0. The Balaban J connectivity index is 1.70. The quantitative estimate of drug-likeness (QED) is 0.945. The number of carbonyl (C=O) groups is 1. The van der Waals surface area contributed by atoms with Crippen LogP contribution in [0.4, 0.5) is 14.5 Å². The van der Waals surface area contributed by atoms with Crippen LogP contribution in [0.1, 0.15) is 29.9 Å². The van der Waals surface area contributed by atoms with Crippen molar-refractivity contribution < 1.29 is 13.6 Å². The molecule has 4 nitrogen and oxygen atoms in total. The fraction of sp³-hybridized carbons (Fsp3) is 0.375. The van der Waals surface area contributed by atoms with Crippen LogP contribution >= 0.6 is 0 Å². The van der Waals surface area contributed by atoms with Gasteiger partial charge in [-0.25, -0.2) is 13.8 Å². The summed E-state index contributed by atoms with van der Waals surface area (Å²) >= 11 is 0. The second-order valence-corrected chi connectivity index (χ2v) is 5.56. The van der Waals surface area contributed by atoms with Crippen molar-refractivity contribution in [2.24, 2.45) is 5.92 Å². The van der Waals surface area contributed by atoms with Gasteiger partial charge in [0.2, 0.25) is 5.91 Å². The predicted molar refractivity (Wildman–Crippen MR) is 78.8 cm³/mol. The number of amides is 1. The molecule has 1 aliphatic rings. The zero-order valence-electron chi connectivity index (χ0n) is 12.2. The molecule has 6 heteroatoms. The molecular formula is C16H17F2N3O. The number of nitrogens with zero attached hydrogens (tertiary/aromatic N) is 2. The Morgan fingerprint density at radius 2 is 2.27 bits per heavy atom. The number of halogens is 2. The van der Waals surface area contributed by atoms with E-state index >= 15 is 0 Å². The van der Waals surface area contributed by atoms with Gasteiger partial charge in [-0.3, -0.25) is 4.79 Å². The van der Waals surface area contributed by atoms with E-state index in [9.17, 15) is 13.6 Å². The summed E-state index contributed by atoms with van der Waals surface area (Å²) in [6.45, 7) is 2.50. The van der Waals surface area contributed by atoms with E-state index in [4.69, 9.17) is 0 Å². The lowest BCUT2D eigenvalue weighted by molar-refractivity contribution is -0.120. The molecule has 0 saturated carbocycles. The van der Waals surface area contributed by atoms with Crippen molar-refractivity contribution in [3.63, 3.8) is 0 Å². The summed E-state index contributed by atoms with van der Waals surface area (Å²) in [5, 5.41) is 2.74. The van der Waals surface area contributed by atoms with Gasteiger partial charge in [0.25, 0.3) is 6.43 Å². The maximum Gasteiger partial charge on any atom is 0.263 e. The largest absolute Gasteiger partial charge is 0.331 e. The zero-order chi connectivity index (χ0) is 15.7. The van der Waals surface area contributed by atoms with Gasteiger partial charge in [-0.15, -0.1) is 0 Å². The minimum Gasteiger partial charge on any atom is -0.331 e. The molecule has 0 saturated heterocycles. The SMILES string of the molecule is Cc1ncc2n1CC(C(=O)Nc1cccc(C(F)F)c1)CC2. The zero-order valence-corrected chi connectivity index (χ0v) is 12.2. The lowest BCUT2D eigenvalue weighted by atomic mass is 9.97. The van der Waals surface area contributed by atoms with Crippen LogP contribution in [0.25, 0.3) is 0 Å². The highest BCUT2D eigenvalue weighted by Crippen LogP contribution is 2.25. The van der Waals surface area contributed by atoms with Crippen LogP contribution in [0, 0.1) is 12.8 Å². The van der Waals surface area contributed by atoms with Crippen molar-refractivity contribution in [1.29, 1.82) is 0 Å². The summed E-state index contributed by atoms with van der Waals surface area (Å²) in [4.78, 5) is 16.6. The number of fused-ring (bicyclic) bond motifs is 1. The van der Waals surface area contributed by atoms with E-state index in [1.54, 1.807) is 6.07 Å². The molecule has 1 N–H and O–H groups in total. The molecule has 116 valence electrons. The van der Waals surface area contributed by atoms with Crippen molar-refractivity contribution >= 4 is 11.6 Å². The minimum absolute atomic E-state index is 0.0887. The number of hydrogen-bond acceptors (Lipinski definition) is 2. The van der Waals surface area contributed by atoms with Crippen molar-refractivity contribution in [3.8, 4) is 0 Å². The van der Waals surface area contributed by atoms with Gasteiger partial charge in [0.05, 0.1) is 5.92 Å². The monoisotopic (exact) mass is 305 g/mol. The molecular weight excluding hydrogens is 288 g/mol. The number of imidazole rings is 1. The van der Waals surface area contributed by atoms with E-state index in [-0.39, 0.29) is 17.4 Å². The summed E-state index contributed by atoms with van der Waals surface area (Å²) in [5.41, 5.74) is 1.46. The lowest BCUT2D eigenvalue weighted by Gasteiger charge is -2.24. The Hall–Kier alpha value is -2.24. The van der Waals surface area contributed by atoms with Crippen LogP contribution < -0.4 is 5.32 Å². The number of nitrogens with one attached hydrogen (secondary N) is 1. The average molecular weight is 305 g/mol. The normalized spacial score (nSPS) is 17.4. The molecule has 1 unspecified atom stereocenters. The highest BCUT2D eigenvalue weighted by Gasteiger charge is 2.26. The maximum atomic E-state index is 12.7. The molecule has 0 spiro atoms. The third-order valence-corrected chi connectivity index (χ3v) is 4.07. The van der Waals surface area contributed by atoms with Gasteiger partial charge in [0.15, 0.2) is 0 Å². The fourth-order valence-electron chi connectivity index (χ4n) is 2.81. The molecule has 1 aliphatic heterocycles. The molecule has 3 rings (SSSR count). The number of alkyl halides is 2. The molecule has 2 aromatic rings. The first-order valence-electron chi connectivity index (χ1n) is 7.24. The molecule has 1 aromatic heterocycles. The van der Waals surface area contributed by atoms with E-state index in [1.165, 1.54) is 18.2 Å². The van der Waals surface area contributed by atoms with Crippen LogP contribution in [0.3, 0.4) is 0 Å². The van der Waals surface area contributed by atoms with Crippen LogP contribution in [0.5, 0.6) is 0 Å². The van der Waals surface area contributed by atoms with Crippen LogP contribution in [0.2, 0.25) is 0 Å². The summed E-state index contributed by atoms with van der Waals surface area (Å²) in [6, 6.07) is 5.82. The highest BCUT2D eigenvalue weighted by atomic mass is 19.3. The molecule has 2 heterocycles. The molecule has 1 amide bonds. The minimum atomic E-state index is -2.54. The van der Waals surface area contributed by atoms with Gasteiger partial charge < -0.3 is 9.88 Å². The van der Waals surface area contributed by atoms with Crippen molar-refractivity contribution in [2.45, 2.75) is 32.7 Å². The third kappa shape index (κ3) is 2.86.